The van der Waals surface area contributed by atoms with E-state index in [1.165, 1.54) is 12.1 Å². The molecule has 4 heteroatoms. The highest BCUT2D eigenvalue weighted by atomic mass is 35.5. The maximum atomic E-state index is 13.0. The molecule has 2 rings (SSSR count). The van der Waals surface area contributed by atoms with Crippen LogP contribution in [-0.2, 0) is 10.3 Å². The summed E-state index contributed by atoms with van der Waals surface area (Å²) in [5, 5.41) is 10.0. The number of aliphatic hydroxyl groups is 1. The molecule has 0 aliphatic carbocycles. The van der Waals surface area contributed by atoms with Gasteiger partial charge in [-0.25, -0.2) is 4.39 Å². The minimum atomic E-state index is -0.985. The zero-order valence-corrected chi connectivity index (χ0v) is 8.44. The van der Waals surface area contributed by atoms with Crippen molar-refractivity contribution in [1.82, 2.24) is 0 Å². The van der Waals surface area contributed by atoms with Crippen LogP contribution in [0, 0.1) is 12.7 Å². The number of rotatable bonds is 1. The first-order valence-corrected chi connectivity index (χ1v) is 4.67. The molecule has 0 unspecified atom stereocenters. The van der Waals surface area contributed by atoms with Crippen molar-refractivity contribution in [2.75, 3.05) is 13.2 Å². The van der Waals surface area contributed by atoms with Crippen molar-refractivity contribution in [3.05, 3.63) is 34.1 Å². The minimum Gasteiger partial charge on any atom is -0.380 e. The fourth-order valence-electron chi connectivity index (χ4n) is 1.60. The van der Waals surface area contributed by atoms with Crippen LogP contribution >= 0.6 is 11.6 Å². The molecule has 1 N–H and O–H groups in total. The van der Waals surface area contributed by atoms with Gasteiger partial charge in [0.15, 0.2) is 0 Å². The first-order chi connectivity index (χ1) is 6.53. The lowest BCUT2D eigenvalue weighted by Gasteiger charge is -2.37. The van der Waals surface area contributed by atoms with E-state index in [0.717, 1.165) is 0 Å². The molecule has 1 heterocycles. The topological polar surface area (TPSA) is 29.5 Å². The second-order valence-electron chi connectivity index (χ2n) is 3.61. The minimum absolute atomic E-state index is 0.0333. The summed E-state index contributed by atoms with van der Waals surface area (Å²) < 4.78 is 18.0. The second-order valence-corrected chi connectivity index (χ2v) is 4.01. The van der Waals surface area contributed by atoms with Crippen LogP contribution < -0.4 is 0 Å². The molecule has 1 aliphatic heterocycles. The maximum absolute atomic E-state index is 13.0. The Morgan fingerprint density at radius 1 is 1.50 bits per heavy atom. The molecule has 0 amide bonds. The highest BCUT2D eigenvalue weighted by Crippen LogP contribution is 2.34. The molecular weight excluding hydrogens is 207 g/mol. The second kappa shape index (κ2) is 3.19. The van der Waals surface area contributed by atoms with Gasteiger partial charge >= 0.3 is 0 Å². The Morgan fingerprint density at radius 3 is 2.64 bits per heavy atom. The van der Waals surface area contributed by atoms with Crippen molar-refractivity contribution in [2.45, 2.75) is 12.5 Å². The van der Waals surface area contributed by atoms with Crippen molar-refractivity contribution in [3.63, 3.8) is 0 Å². The monoisotopic (exact) mass is 216 g/mol. The highest BCUT2D eigenvalue weighted by Gasteiger charge is 2.39. The molecule has 0 spiro atoms. The number of ether oxygens (including phenoxy) is 1. The lowest BCUT2D eigenvalue weighted by Crippen LogP contribution is -2.47. The Labute approximate surface area is 86.3 Å². The van der Waals surface area contributed by atoms with Crippen LogP contribution in [0.1, 0.15) is 11.1 Å². The smallest absolute Gasteiger partial charge is 0.142 e. The molecule has 0 atom stereocenters. The van der Waals surface area contributed by atoms with Gasteiger partial charge in [-0.15, -0.1) is 0 Å². The summed E-state index contributed by atoms with van der Waals surface area (Å²) in [6.45, 7) is 2.23. The molecule has 1 saturated heterocycles. The third-order valence-corrected chi connectivity index (χ3v) is 2.74. The van der Waals surface area contributed by atoms with Crippen LogP contribution in [0.25, 0.3) is 0 Å². The molecule has 0 bridgehead atoms. The summed E-state index contributed by atoms with van der Waals surface area (Å²) >= 11 is 5.65. The van der Waals surface area contributed by atoms with Gasteiger partial charge in [0.25, 0.3) is 0 Å². The van der Waals surface area contributed by atoms with E-state index in [4.69, 9.17) is 16.3 Å². The Kier molecular flexibility index (Phi) is 2.26. The summed E-state index contributed by atoms with van der Waals surface area (Å²) in [7, 11) is 0. The molecule has 1 aromatic carbocycles. The van der Waals surface area contributed by atoms with Crippen LogP contribution in [0.15, 0.2) is 12.1 Å². The quantitative estimate of drug-likeness (QED) is 0.778. The SMILES string of the molecule is Cc1cc(F)c(Cl)cc1C1(O)COC1. The molecule has 2 nitrogen and oxygen atoms in total. The van der Waals surface area contributed by atoms with Crippen LogP contribution in [0.5, 0.6) is 0 Å². The van der Waals surface area contributed by atoms with E-state index in [1.807, 2.05) is 0 Å². The lowest BCUT2D eigenvalue weighted by molar-refractivity contribution is -0.184. The number of halogens is 2. The van der Waals surface area contributed by atoms with Crippen molar-refractivity contribution < 1.29 is 14.2 Å². The van der Waals surface area contributed by atoms with Gasteiger partial charge in [0.05, 0.1) is 18.2 Å². The molecule has 0 saturated carbocycles. The highest BCUT2D eigenvalue weighted by molar-refractivity contribution is 6.30. The fourth-order valence-corrected chi connectivity index (χ4v) is 1.76. The molecule has 1 aliphatic rings. The Hall–Kier alpha value is -0.640. The summed E-state index contributed by atoms with van der Waals surface area (Å²) in [6, 6.07) is 2.79. The van der Waals surface area contributed by atoms with E-state index in [0.29, 0.717) is 11.1 Å². The molecule has 76 valence electrons. The van der Waals surface area contributed by atoms with Gasteiger partial charge in [0.2, 0.25) is 0 Å². The van der Waals surface area contributed by atoms with Gasteiger partial charge in [-0.1, -0.05) is 11.6 Å². The summed E-state index contributed by atoms with van der Waals surface area (Å²) in [6.07, 6.45) is 0. The van der Waals surface area contributed by atoms with Gasteiger partial charge in [-0.3, -0.25) is 0 Å². The van der Waals surface area contributed by atoms with E-state index in [9.17, 15) is 9.50 Å². The molecule has 0 radical (unpaired) electrons. The lowest BCUT2D eigenvalue weighted by atomic mass is 9.89. The van der Waals surface area contributed by atoms with Gasteiger partial charge in [-0.05, 0) is 30.2 Å². The maximum Gasteiger partial charge on any atom is 0.142 e. The van der Waals surface area contributed by atoms with E-state index >= 15 is 0 Å². The zero-order chi connectivity index (χ0) is 10.3. The molecular formula is C10H10ClFO2. The Bertz CT molecular complexity index is 375. The van der Waals surface area contributed by atoms with Crippen molar-refractivity contribution in [1.29, 1.82) is 0 Å². The number of aryl methyl sites for hydroxylation is 1. The predicted octanol–water partition coefficient (Wildman–Crippen LogP) is 2.01. The largest absolute Gasteiger partial charge is 0.380 e. The van der Waals surface area contributed by atoms with Crippen molar-refractivity contribution in [2.24, 2.45) is 0 Å². The van der Waals surface area contributed by atoms with Crippen molar-refractivity contribution >= 4 is 11.6 Å². The Morgan fingerprint density at radius 2 is 2.14 bits per heavy atom. The van der Waals surface area contributed by atoms with Gasteiger partial charge in [-0.2, -0.15) is 0 Å². The van der Waals surface area contributed by atoms with E-state index in [2.05, 4.69) is 0 Å². The number of hydrogen-bond acceptors (Lipinski definition) is 2. The van der Waals surface area contributed by atoms with Gasteiger partial charge < -0.3 is 9.84 Å². The first-order valence-electron chi connectivity index (χ1n) is 4.29. The average Bonchev–Trinajstić information content (AvgIpc) is 2.07. The van der Waals surface area contributed by atoms with Gasteiger partial charge in [0, 0.05) is 0 Å². The zero-order valence-electron chi connectivity index (χ0n) is 7.68. The normalized spacial score (nSPS) is 19.1. The summed E-state index contributed by atoms with van der Waals surface area (Å²) in [5.74, 6) is -0.461. The van der Waals surface area contributed by atoms with Gasteiger partial charge in [0.1, 0.15) is 11.4 Å². The molecule has 1 aromatic rings. The predicted molar refractivity (Wildman–Crippen MR) is 50.9 cm³/mol. The van der Waals surface area contributed by atoms with Crippen LogP contribution in [0.2, 0.25) is 5.02 Å². The molecule has 1 fully saturated rings. The standard InChI is InChI=1S/C10H10ClFO2/c1-6-2-9(12)8(11)3-7(6)10(13)4-14-5-10/h2-3,13H,4-5H2,1H3. The summed E-state index contributed by atoms with van der Waals surface area (Å²) in [5.41, 5.74) is 0.356. The van der Waals surface area contributed by atoms with Crippen LogP contribution in [0.3, 0.4) is 0 Å². The Balaban J connectivity index is 2.48. The van der Waals surface area contributed by atoms with E-state index in [1.54, 1.807) is 6.92 Å². The number of hydrogen-bond donors (Lipinski definition) is 1. The van der Waals surface area contributed by atoms with Crippen LogP contribution in [0.4, 0.5) is 4.39 Å². The van der Waals surface area contributed by atoms with E-state index in [-0.39, 0.29) is 18.2 Å². The van der Waals surface area contributed by atoms with Crippen molar-refractivity contribution in [3.8, 4) is 0 Å². The average molecular weight is 217 g/mol. The summed E-state index contributed by atoms with van der Waals surface area (Å²) in [4.78, 5) is 0. The number of benzene rings is 1. The third kappa shape index (κ3) is 1.41. The third-order valence-electron chi connectivity index (χ3n) is 2.45. The first kappa shape index (κ1) is 9.90. The van der Waals surface area contributed by atoms with Crippen LogP contribution in [-0.4, -0.2) is 18.3 Å². The molecule has 0 aromatic heterocycles. The van der Waals surface area contributed by atoms with E-state index < -0.39 is 11.4 Å². The molecule has 14 heavy (non-hydrogen) atoms. The fraction of sp³-hybridized carbons (Fsp3) is 0.400.